The van der Waals surface area contributed by atoms with Crippen LogP contribution in [0.3, 0.4) is 0 Å². The number of nitrogens with one attached hydrogen (secondary N) is 3. The van der Waals surface area contributed by atoms with E-state index in [0.717, 1.165) is 29.3 Å². The molecule has 0 spiro atoms. The lowest BCUT2D eigenvalue weighted by Crippen LogP contribution is -2.20. The van der Waals surface area contributed by atoms with Crippen molar-refractivity contribution in [2.75, 3.05) is 31.7 Å². The van der Waals surface area contributed by atoms with Gasteiger partial charge in [-0.15, -0.1) is 0 Å². The highest BCUT2D eigenvalue weighted by molar-refractivity contribution is 7.98. The van der Waals surface area contributed by atoms with Crippen LogP contribution in [0.25, 0.3) is 0 Å². The summed E-state index contributed by atoms with van der Waals surface area (Å²) in [5.74, 6) is 1.91. The molecule has 3 N–H and O–H groups in total. The van der Waals surface area contributed by atoms with Crippen molar-refractivity contribution >= 4 is 17.7 Å². The molecule has 0 fully saturated rings. The van der Waals surface area contributed by atoms with Gasteiger partial charge in [-0.3, -0.25) is 19.6 Å². The minimum atomic E-state index is -0.223. The maximum Gasteiger partial charge on any atom is 0.256 e. The topological polar surface area (TPSA) is 107 Å². The van der Waals surface area contributed by atoms with Crippen LogP contribution in [0.5, 0.6) is 0 Å². The summed E-state index contributed by atoms with van der Waals surface area (Å²) in [6.45, 7) is 3.45. The summed E-state index contributed by atoms with van der Waals surface area (Å²) in [5, 5.41) is 3.15. The fourth-order valence-electron chi connectivity index (χ4n) is 3.20. The lowest BCUT2D eigenvalue weighted by Gasteiger charge is -2.12. The van der Waals surface area contributed by atoms with E-state index in [1.807, 2.05) is 19.2 Å². The first kappa shape index (κ1) is 22.8. The van der Waals surface area contributed by atoms with Crippen molar-refractivity contribution in [3.05, 3.63) is 85.9 Å². The second-order valence-electron chi connectivity index (χ2n) is 7.60. The van der Waals surface area contributed by atoms with Gasteiger partial charge in [-0.2, -0.15) is 11.8 Å². The summed E-state index contributed by atoms with van der Waals surface area (Å²) < 4.78 is 0. The number of anilines is 1. The zero-order chi connectivity index (χ0) is 22.2. The van der Waals surface area contributed by atoms with E-state index in [1.165, 1.54) is 11.6 Å². The number of thioether (sulfide) groups is 1. The Hall–Kier alpha value is -2.91. The second kappa shape index (κ2) is 10.9. The SMILES string of the molecule is CC(c1cc[nH]c(=O)c1)c1cnc(NCCSCc2cc(CN(C)C)ccn2)[nH]c1=O. The van der Waals surface area contributed by atoms with Crippen LogP contribution < -0.4 is 16.4 Å². The molecule has 8 nitrogen and oxygen atoms in total. The van der Waals surface area contributed by atoms with Crippen LogP contribution >= 0.6 is 11.8 Å². The number of nitrogens with zero attached hydrogens (tertiary/aromatic N) is 3. The van der Waals surface area contributed by atoms with Crippen molar-refractivity contribution in [1.82, 2.24) is 24.8 Å². The summed E-state index contributed by atoms with van der Waals surface area (Å²) in [4.78, 5) is 40.2. The molecule has 0 aliphatic heterocycles. The minimum absolute atomic E-state index is 0.191. The predicted molar refractivity (Wildman–Crippen MR) is 126 cm³/mol. The zero-order valence-corrected chi connectivity index (χ0v) is 18.8. The Morgan fingerprint density at radius 3 is 2.77 bits per heavy atom. The van der Waals surface area contributed by atoms with Gasteiger partial charge in [0.05, 0.1) is 5.69 Å². The van der Waals surface area contributed by atoms with Gasteiger partial charge in [0, 0.05) is 60.7 Å². The fraction of sp³-hybridized carbons (Fsp3) is 0.364. The summed E-state index contributed by atoms with van der Waals surface area (Å²) in [6, 6.07) is 7.47. The number of hydrogen-bond donors (Lipinski definition) is 3. The van der Waals surface area contributed by atoms with Crippen LogP contribution in [-0.2, 0) is 12.3 Å². The first-order valence-electron chi connectivity index (χ1n) is 10.1. The van der Waals surface area contributed by atoms with E-state index in [0.29, 0.717) is 18.1 Å². The molecule has 0 aliphatic rings. The van der Waals surface area contributed by atoms with Crippen LogP contribution in [-0.4, -0.2) is 51.2 Å². The van der Waals surface area contributed by atoms with Crippen LogP contribution in [0.2, 0.25) is 0 Å². The lowest BCUT2D eigenvalue weighted by atomic mass is 9.96. The molecule has 0 radical (unpaired) electrons. The summed E-state index contributed by atoms with van der Waals surface area (Å²) >= 11 is 1.77. The maximum absolute atomic E-state index is 12.5. The maximum atomic E-state index is 12.5. The van der Waals surface area contributed by atoms with Crippen LogP contribution in [0, 0.1) is 0 Å². The number of hydrogen-bond acceptors (Lipinski definition) is 7. The van der Waals surface area contributed by atoms with E-state index in [9.17, 15) is 9.59 Å². The van der Waals surface area contributed by atoms with Gasteiger partial charge in [-0.05, 0) is 43.4 Å². The number of rotatable bonds is 10. The largest absolute Gasteiger partial charge is 0.355 e. The Labute approximate surface area is 185 Å². The monoisotopic (exact) mass is 440 g/mol. The smallest absolute Gasteiger partial charge is 0.256 e. The highest BCUT2D eigenvalue weighted by atomic mass is 32.2. The van der Waals surface area contributed by atoms with Crippen LogP contribution in [0.15, 0.2) is 52.4 Å². The lowest BCUT2D eigenvalue weighted by molar-refractivity contribution is 0.402. The van der Waals surface area contributed by atoms with E-state index in [-0.39, 0.29) is 17.0 Å². The molecule has 31 heavy (non-hydrogen) atoms. The predicted octanol–water partition coefficient (Wildman–Crippen LogP) is 2.41. The van der Waals surface area contributed by atoms with Gasteiger partial charge in [-0.25, -0.2) is 4.98 Å². The normalized spacial score (nSPS) is 12.1. The van der Waals surface area contributed by atoms with E-state index in [2.05, 4.69) is 50.3 Å². The average Bonchev–Trinajstić information content (AvgIpc) is 2.73. The molecule has 3 heterocycles. The van der Waals surface area contributed by atoms with Gasteiger partial charge in [0.25, 0.3) is 5.56 Å². The Morgan fingerprint density at radius 2 is 2.03 bits per heavy atom. The molecule has 3 aromatic rings. The summed E-state index contributed by atoms with van der Waals surface area (Å²) in [6.07, 6.45) is 5.01. The van der Waals surface area contributed by atoms with Crippen molar-refractivity contribution < 1.29 is 0 Å². The second-order valence-corrected chi connectivity index (χ2v) is 8.70. The van der Waals surface area contributed by atoms with Crippen molar-refractivity contribution in [3.63, 3.8) is 0 Å². The van der Waals surface area contributed by atoms with E-state index in [1.54, 1.807) is 30.2 Å². The van der Waals surface area contributed by atoms with Crippen molar-refractivity contribution in [2.24, 2.45) is 0 Å². The molecule has 1 atom stereocenters. The van der Waals surface area contributed by atoms with Crippen molar-refractivity contribution in [3.8, 4) is 0 Å². The fourth-order valence-corrected chi connectivity index (χ4v) is 3.96. The standard InChI is InChI=1S/C22H28N6O2S/c1-15(17-5-7-24-20(29)11-17)19-12-26-22(27-21(19)30)25-8-9-31-14-18-10-16(4-6-23-18)13-28(2)3/h4-7,10-12,15H,8-9,13-14H2,1-3H3,(H,24,29)(H2,25,26,27,30). The molecular weight excluding hydrogens is 412 g/mol. The molecule has 1 unspecified atom stereocenters. The molecule has 3 rings (SSSR count). The van der Waals surface area contributed by atoms with Gasteiger partial charge in [0.15, 0.2) is 0 Å². The molecule has 0 aromatic carbocycles. The third kappa shape index (κ3) is 6.80. The van der Waals surface area contributed by atoms with Crippen molar-refractivity contribution in [2.45, 2.75) is 25.1 Å². The van der Waals surface area contributed by atoms with Crippen LogP contribution in [0.1, 0.15) is 35.2 Å². The minimum Gasteiger partial charge on any atom is -0.355 e. The van der Waals surface area contributed by atoms with Gasteiger partial charge in [-0.1, -0.05) is 6.92 Å². The summed E-state index contributed by atoms with van der Waals surface area (Å²) in [7, 11) is 4.10. The van der Waals surface area contributed by atoms with Gasteiger partial charge >= 0.3 is 0 Å². The number of H-pyrrole nitrogens is 2. The highest BCUT2D eigenvalue weighted by Gasteiger charge is 2.14. The highest BCUT2D eigenvalue weighted by Crippen LogP contribution is 2.19. The zero-order valence-electron chi connectivity index (χ0n) is 18.0. The van der Waals surface area contributed by atoms with Crippen molar-refractivity contribution in [1.29, 1.82) is 0 Å². The quantitative estimate of drug-likeness (QED) is 0.416. The van der Waals surface area contributed by atoms with Gasteiger partial charge < -0.3 is 15.2 Å². The first-order chi connectivity index (χ1) is 14.9. The number of pyridine rings is 2. The third-order valence-electron chi connectivity index (χ3n) is 4.76. The molecule has 9 heteroatoms. The Bertz CT molecular complexity index is 1110. The molecule has 0 saturated heterocycles. The number of aromatic nitrogens is 4. The molecule has 0 saturated carbocycles. The Balaban J connectivity index is 1.49. The third-order valence-corrected chi connectivity index (χ3v) is 5.75. The van der Waals surface area contributed by atoms with Gasteiger partial charge in [0.1, 0.15) is 0 Å². The van der Waals surface area contributed by atoms with E-state index < -0.39 is 0 Å². The molecule has 0 aliphatic carbocycles. The molecule has 3 aromatic heterocycles. The number of aromatic amines is 2. The van der Waals surface area contributed by atoms with Gasteiger partial charge in [0.2, 0.25) is 11.5 Å². The molecular formula is C22H28N6O2S. The molecule has 0 bridgehead atoms. The molecule has 164 valence electrons. The Kier molecular flexibility index (Phi) is 8.02. The summed E-state index contributed by atoms with van der Waals surface area (Å²) in [5.41, 5.74) is 3.22. The molecule has 0 amide bonds. The Morgan fingerprint density at radius 1 is 1.19 bits per heavy atom. The van der Waals surface area contributed by atoms with E-state index in [4.69, 9.17) is 0 Å². The average molecular weight is 441 g/mol. The van der Waals surface area contributed by atoms with Crippen LogP contribution in [0.4, 0.5) is 5.95 Å². The van der Waals surface area contributed by atoms with E-state index >= 15 is 0 Å². The first-order valence-corrected chi connectivity index (χ1v) is 11.3.